The van der Waals surface area contributed by atoms with Crippen LogP contribution in [-0.2, 0) is 27.9 Å². The number of ether oxygens (including phenoxy) is 2. The molecule has 5 heteroatoms. The van der Waals surface area contributed by atoms with Crippen LogP contribution >= 0.6 is 0 Å². The van der Waals surface area contributed by atoms with Gasteiger partial charge in [0.15, 0.2) is 6.61 Å². The van der Waals surface area contributed by atoms with Crippen molar-refractivity contribution in [3.8, 4) is 11.1 Å². The highest BCUT2D eigenvalue weighted by molar-refractivity contribution is 6.02. The number of Topliss-reactive ketones (excluding diaryl/α,β-unsaturated/α-hetero) is 1. The van der Waals surface area contributed by atoms with Crippen molar-refractivity contribution >= 4 is 11.8 Å². The van der Waals surface area contributed by atoms with Crippen molar-refractivity contribution in [2.75, 3.05) is 13.7 Å². The molecule has 0 atom stereocenters. The van der Waals surface area contributed by atoms with E-state index in [9.17, 15) is 9.59 Å². The third-order valence-electron chi connectivity index (χ3n) is 3.38. The van der Waals surface area contributed by atoms with E-state index in [4.69, 9.17) is 9.47 Å². The molecule has 2 aromatic rings. The van der Waals surface area contributed by atoms with Crippen LogP contribution in [0.2, 0.25) is 0 Å². The average Bonchev–Trinajstić information content (AvgIpc) is 2.83. The van der Waals surface area contributed by atoms with Crippen LogP contribution < -0.4 is 0 Å². The number of carbonyl (C=O) groups is 2. The Balaban J connectivity index is 2.45. The molecular formula is C17H19NO4. The fourth-order valence-corrected chi connectivity index (χ4v) is 2.35. The lowest BCUT2D eigenvalue weighted by molar-refractivity contribution is -0.139. The predicted octanol–water partition coefficient (Wildman–Crippen LogP) is 2.58. The largest absolute Gasteiger partial charge is 0.457 e. The Morgan fingerprint density at radius 2 is 1.86 bits per heavy atom. The number of nitrogens with zero attached hydrogens (tertiary/aromatic N) is 1. The Morgan fingerprint density at radius 1 is 1.18 bits per heavy atom. The van der Waals surface area contributed by atoms with E-state index in [2.05, 4.69) is 0 Å². The normalized spacial score (nSPS) is 10.5. The summed E-state index contributed by atoms with van der Waals surface area (Å²) in [5.41, 5.74) is 3.14. The van der Waals surface area contributed by atoms with E-state index in [1.54, 1.807) is 11.7 Å². The molecule has 116 valence electrons. The van der Waals surface area contributed by atoms with Crippen LogP contribution in [0, 0.1) is 0 Å². The SMILES string of the molecule is COCc1cc(-c2ccccc2)c(C(=O)COC(C)=O)n1C. The van der Waals surface area contributed by atoms with E-state index in [1.807, 2.05) is 43.4 Å². The molecule has 0 bridgehead atoms. The second-order valence-electron chi connectivity index (χ2n) is 4.96. The molecule has 0 unspecified atom stereocenters. The highest BCUT2D eigenvalue weighted by atomic mass is 16.5. The van der Waals surface area contributed by atoms with Crippen LogP contribution in [0.3, 0.4) is 0 Å². The van der Waals surface area contributed by atoms with Gasteiger partial charge in [-0.1, -0.05) is 30.3 Å². The lowest BCUT2D eigenvalue weighted by Gasteiger charge is -2.08. The van der Waals surface area contributed by atoms with E-state index in [-0.39, 0.29) is 12.4 Å². The van der Waals surface area contributed by atoms with Crippen molar-refractivity contribution in [2.24, 2.45) is 7.05 Å². The van der Waals surface area contributed by atoms with Gasteiger partial charge in [-0.3, -0.25) is 9.59 Å². The number of rotatable bonds is 6. The van der Waals surface area contributed by atoms with Crippen molar-refractivity contribution in [3.05, 3.63) is 47.8 Å². The van der Waals surface area contributed by atoms with Crippen LogP contribution in [-0.4, -0.2) is 30.0 Å². The Hall–Kier alpha value is -2.40. The standard InChI is InChI=1S/C17H19NO4/c1-12(19)22-11-16(20)17-15(13-7-5-4-6-8-13)9-14(10-21-3)18(17)2/h4-9H,10-11H2,1-3H3. The van der Waals surface area contributed by atoms with Gasteiger partial charge in [0.1, 0.15) is 0 Å². The van der Waals surface area contributed by atoms with Crippen LogP contribution in [0.4, 0.5) is 0 Å². The first-order valence-corrected chi connectivity index (χ1v) is 6.94. The summed E-state index contributed by atoms with van der Waals surface area (Å²) >= 11 is 0. The number of methoxy groups -OCH3 is 1. The van der Waals surface area contributed by atoms with Crippen LogP contribution in [0.5, 0.6) is 0 Å². The van der Waals surface area contributed by atoms with Gasteiger partial charge in [-0.25, -0.2) is 0 Å². The molecule has 0 spiro atoms. The minimum Gasteiger partial charge on any atom is -0.457 e. The first-order valence-electron chi connectivity index (χ1n) is 6.94. The molecule has 0 saturated carbocycles. The second kappa shape index (κ2) is 7.04. The highest BCUT2D eigenvalue weighted by Gasteiger charge is 2.21. The van der Waals surface area contributed by atoms with Gasteiger partial charge in [0, 0.05) is 32.3 Å². The molecule has 1 heterocycles. The second-order valence-corrected chi connectivity index (χ2v) is 4.96. The van der Waals surface area contributed by atoms with E-state index >= 15 is 0 Å². The summed E-state index contributed by atoms with van der Waals surface area (Å²) in [5, 5.41) is 0. The van der Waals surface area contributed by atoms with Gasteiger partial charge in [0.2, 0.25) is 5.78 Å². The molecule has 1 aromatic carbocycles. The topological polar surface area (TPSA) is 57.5 Å². The maximum Gasteiger partial charge on any atom is 0.303 e. The smallest absolute Gasteiger partial charge is 0.303 e. The summed E-state index contributed by atoms with van der Waals surface area (Å²) in [6, 6.07) is 11.6. The third kappa shape index (κ3) is 3.43. The van der Waals surface area contributed by atoms with E-state index in [1.165, 1.54) is 6.92 Å². The fraction of sp³-hybridized carbons (Fsp3) is 0.294. The Labute approximate surface area is 129 Å². The maximum absolute atomic E-state index is 12.4. The summed E-state index contributed by atoms with van der Waals surface area (Å²) in [7, 11) is 3.41. The zero-order chi connectivity index (χ0) is 16.1. The van der Waals surface area contributed by atoms with Gasteiger partial charge in [0.25, 0.3) is 0 Å². The Morgan fingerprint density at radius 3 is 2.45 bits per heavy atom. The number of benzene rings is 1. The molecule has 0 radical (unpaired) electrons. The number of hydrogen-bond donors (Lipinski definition) is 0. The molecule has 0 N–H and O–H groups in total. The van der Waals surface area contributed by atoms with Crippen molar-refractivity contribution < 1.29 is 19.1 Å². The number of esters is 1. The molecule has 0 amide bonds. The van der Waals surface area contributed by atoms with Crippen LogP contribution in [0.1, 0.15) is 23.1 Å². The van der Waals surface area contributed by atoms with Gasteiger partial charge in [0.05, 0.1) is 12.3 Å². The van der Waals surface area contributed by atoms with Crippen LogP contribution in [0.15, 0.2) is 36.4 Å². The van der Waals surface area contributed by atoms with Crippen molar-refractivity contribution in [3.63, 3.8) is 0 Å². The molecular weight excluding hydrogens is 282 g/mol. The third-order valence-corrected chi connectivity index (χ3v) is 3.38. The zero-order valence-corrected chi connectivity index (χ0v) is 13.0. The number of carbonyl (C=O) groups excluding carboxylic acids is 2. The average molecular weight is 301 g/mol. The minimum absolute atomic E-state index is 0.237. The summed E-state index contributed by atoms with van der Waals surface area (Å²) in [6.45, 7) is 1.42. The number of ketones is 1. The quantitative estimate of drug-likeness (QED) is 0.608. The molecule has 0 saturated heterocycles. The summed E-state index contributed by atoms with van der Waals surface area (Å²) in [4.78, 5) is 23.4. The molecule has 22 heavy (non-hydrogen) atoms. The molecule has 0 fully saturated rings. The van der Waals surface area contributed by atoms with Gasteiger partial charge in [-0.05, 0) is 11.6 Å². The van der Waals surface area contributed by atoms with Crippen molar-refractivity contribution in [2.45, 2.75) is 13.5 Å². The number of hydrogen-bond acceptors (Lipinski definition) is 4. The van der Waals surface area contributed by atoms with E-state index in [0.29, 0.717) is 12.3 Å². The van der Waals surface area contributed by atoms with Gasteiger partial charge >= 0.3 is 5.97 Å². The number of aromatic nitrogens is 1. The molecule has 5 nitrogen and oxygen atoms in total. The van der Waals surface area contributed by atoms with Crippen molar-refractivity contribution in [1.29, 1.82) is 0 Å². The lowest BCUT2D eigenvalue weighted by Crippen LogP contribution is -2.16. The molecule has 0 aliphatic heterocycles. The molecule has 0 aliphatic rings. The maximum atomic E-state index is 12.4. The summed E-state index contributed by atoms with van der Waals surface area (Å²) in [6.07, 6.45) is 0. The molecule has 1 aromatic heterocycles. The fourth-order valence-electron chi connectivity index (χ4n) is 2.35. The first kappa shape index (κ1) is 16.0. The highest BCUT2D eigenvalue weighted by Crippen LogP contribution is 2.27. The minimum atomic E-state index is -0.471. The monoisotopic (exact) mass is 301 g/mol. The van der Waals surface area contributed by atoms with Crippen molar-refractivity contribution in [1.82, 2.24) is 4.57 Å². The van der Waals surface area contributed by atoms with Gasteiger partial charge in [-0.15, -0.1) is 0 Å². The van der Waals surface area contributed by atoms with E-state index < -0.39 is 5.97 Å². The first-order chi connectivity index (χ1) is 10.5. The molecule has 0 aliphatic carbocycles. The molecule has 2 rings (SSSR count). The Bertz CT molecular complexity index is 673. The summed E-state index contributed by atoms with van der Waals surface area (Å²) < 4.78 is 11.8. The van der Waals surface area contributed by atoms with Gasteiger partial charge < -0.3 is 14.0 Å². The lowest BCUT2D eigenvalue weighted by atomic mass is 10.0. The zero-order valence-electron chi connectivity index (χ0n) is 13.0. The summed E-state index contributed by atoms with van der Waals surface area (Å²) in [5.74, 6) is -0.708. The van der Waals surface area contributed by atoms with Crippen LogP contribution in [0.25, 0.3) is 11.1 Å². The predicted molar refractivity (Wildman–Crippen MR) is 82.5 cm³/mol. The Kier molecular flexibility index (Phi) is 5.12. The van der Waals surface area contributed by atoms with E-state index in [0.717, 1.165) is 16.8 Å². The van der Waals surface area contributed by atoms with Gasteiger partial charge in [-0.2, -0.15) is 0 Å².